The number of ketones is 1. The van der Waals surface area contributed by atoms with Gasteiger partial charge in [-0.3, -0.25) is 4.79 Å². The Morgan fingerprint density at radius 2 is 1.69 bits per heavy atom. The monoisotopic (exact) mass is 368 g/mol. The standard InChI is InChI=1S/C21H22ClN3O/c22-16-6-8-17(9-7-16)23-20-14-19(15-21(20)26)25-12-10-24(11-13-25)18-4-2-1-3-5-18/h1-9,14,19,23H,10-13,15H2/p+1/t19-/m1/s1. The van der Waals surface area contributed by atoms with Gasteiger partial charge in [0.05, 0.1) is 38.3 Å². The van der Waals surface area contributed by atoms with Crippen molar-refractivity contribution in [3.8, 4) is 0 Å². The number of rotatable bonds is 4. The number of piperazine rings is 1. The number of nitrogens with zero attached hydrogens (tertiary/aromatic N) is 1. The molecule has 0 radical (unpaired) electrons. The van der Waals surface area contributed by atoms with Gasteiger partial charge < -0.3 is 15.1 Å². The van der Waals surface area contributed by atoms with Crippen molar-refractivity contribution in [2.45, 2.75) is 12.5 Å². The van der Waals surface area contributed by atoms with E-state index in [1.54, 1.807) is 0 Å². The summed E-state index contributed by atoms with van der Waals surface area (Å²) in [7, 11) is 0. The molecule has 2 aromatic rings. The predicted molar refractivity (Wildman–Crippen MR) is 106 cm³/mol. The molecule has 1 fully saturated rings. The molecule has 4 rings (SSSR count). The average molecular weight is 369 g/mol. The zero-order valence-corrected chi connectivity index (χ0v) is 15.4. The summed E-state index contributed by atoms with van der Waals surface area (Å²) in [5.41, 5.74) is 2.91. The molecule has 2 N–H and O–H groups in total. The molecule has 1 aliphatic carbocycles. The second-order valence-corrected chi connectivity index (χ2v) is 7.36. The molecule has 5 heteroatoms. The number of nitrogens with one attached hydrogen (secondary N) is 2. The summed E-state index contributed by atoms with van der Waals surface area (Å²) in [6, 6.07) is 18.3. The summed E-state index contributed by atoms with van der Waals surface area (Å²) >= 11 is 5.92. The first-order valence-electron chi connectivity index (χ1n) is 9.11. The van der Waals surface area contributed by atoms with Gasteiger partial charge in [0.1, 0.15) is 6.04 Å². The van der Waals surface area contributed by atoms with Gasteiger partial charge in [-0.05, 0) is 36.4 Å². The van der Waals surface area contributed by atoms with E-state index in [2.05, 4.69) is 46.6 Å². The number of benzene rings is 2. The number of carbonyl (C=O) groups is 1. The van der Waals surface area contributed by atoms with Crippen LogP contribution in [-0.4, -0.2) is 38.0 Å². The van der Waals surface area contributed by atoms with E-state index in [-0.39, 0.29) is 11.8 Å². The second kappa shape index (κ2) is 7.52. The zero-order valence-electron chi connectivity index (χ0n) is 14.6. The van der Waals surface area contributed by atoms with E-state index < -0.39 is 0 Å². The molecule has 1 heterocycles. The van der Waals surface area contributed by atoms with Gasteiger partial charge >= 0.3 is 0 Å². The maximum Gasteiger partial charge on any atom is 0.185 e. The third kappa shape index (κ3) is 3.76. The van der Waals surface area contributed by atoms with Crippen LogP contribution < -0.4 is 15.1 Å². The van der Waals surface area contributed by atoms with Crippen LogP contribution in [0.25, 0.3) is 0 Å². The van der Waals surface area contributed by atoms with Gasteiger partial charge in [0, 0.05) is 22.5 Å². The molecule has 1 aliphatic heterocycles. The van der Waals surface area contributed by atoms with E-state index >= 15 is 0 Å². The van der Waals surface area contributed by atoms with Crippen molar-refractivity contribution in [3.63, 3.8) is 0 Å². The highest BCUT2D eigenvalue weighted by Crippen LogP contribution is 2.20. The quantitative estimate of drug-likeness (QED) is 0.870. The molecule has 0 spiro atoms. The summed E-state index contributed by atoms with van der Waals surface area (Å²) in [4.78, 5) is 16.3. The minimum absolute atomic E-state index is 0.197. The van der Waals surface area contributed by atoms with Crippen LogP contribution in [0, 0.1) is 0 Å². The van der Waals surface area contributed by atoms with E-state index in [4.69, 9.17) is 11.6 Å². The smallest absolute Gasteiger partial charge is 0.185 e. The normalized spacial score (nSPS) is 21.0. The van der Waals surface area contributed by atoms with Gasteiger partial charge in [0.2, 0.25) is 0 Å². The summed E-state index contributed by atoms with van der Waals surface area (Å²) in [5, 5.41) is 3.95. The Morgan fingerprint density at radius 3 is 2.38 bits per heavy atom. The molecule has 0 amide bonds. The first kappa shape index (κ1) is 17.1. The molecule has 0 aromatic heterocycles. The van der Waals surface area contributed by atoms with Crippen LogP contribution in [0.3, 0.4) is 0 Å². The number of hydrogen-bond acceptors (Lipinski definition) is 3. The average Bonchev–Trinajstić information content (AvgIpc) is 3.05. The Hall–Kier alpha value is -2.30. The van der Waals surface area contributed by atoms with Gasteiger partial charge in [-0.2, -0.15) is 0 Å². The topological polar surface area (TPSA) is 36.8 Å². The molecule has 134 valence electrons. The maximum atomic E-state index is 12.4. The van der Waals surface area contributed by atoms with Crippen LogP contribution in [0.1, 0.15) is 6.42 Å². The molecule has 0 bridgehead atoms. The van der Waals surface area contributed by atoms with Crippen LogP contribution >= 0.6 is 11.6 Å². The van der Waals surface area contributed by atoms with Crippen molar-refractivity contribution >= 4 is 28.8 Å². The molecule has 1 atom stereocenters. The lowest BCUT2D eigenvalue weighted by molar-refractivity contribution is -0.918. The van der Waals surface area contributed by atoms with Gasteiger partial charge in [-0.1, -0.05) is 29.8 Å². The number of Topliss-reactive ketones (excluding diaryl/α,β-unsaturated/α-hetero) is 1. The molecule has 0 saturated carbocycles. The van der Waals surface area contributed by atoms with Crippen molar-refractivity contribution in [1.82, 2.24) is 0 Å². The van der Waals surface area contributed by atoms with Gasteiger partial charge in [0.15, 0.2) is 5.78 Å². The number of quaternary nitrogens is 1. The molecule has 1 saturated heterocycles. The van der Waals surface area contributed by atoms with Crippen LogP contribution in [-0.2, 0) is 4.79 Å². The molecule has 4 nitrogen and oxygen atoms in total. The number of carbonyl (C=O) groups excluding carboxylic acids is 1. The van der Waals surface area contributed by atoms with Crippen LogP contribution in [0.2, 0.25) is 5.02 Å². The molecule has 0 unspecified atom stereocenters. The summed E-state index contributed by atoms with van der Waals surface area (Å²) in [5.74, 6) is 0.197. The fourth-order valence-electron chi connectivity index (χ4n) is 3.79. The lowest BCUT2D eigenvalue weighted by atomic mass is 10.1. The Kier molecular flexibility index (Phi) is 4.96. The zero-order chi connectivity index (χ0) is 17.9. The Balaban J connectivity index is 1.37. The Morgan fingerprint density at radius 1 is 1.00 bits per heavy atom. The third-order valence-electron chi connectivity index (χ3n) is 5.25. The van der Waals surface area contributed by atoms with Crippen LogP contribution in [0.5, 0.6) is 0 Å². The van der Waals surface area contributed by atoms with Gasteiger partial charge in [-0.15, -0.1) is 0 Å². The number of para-hydroxylation sites is 1. The Bertz CT molecular complexity index is 796. The van der Waals surface area contributed by atoms with Crippen molar-refractivity contribution in [2.75, 3.05) is 36.4 Å². The van der Waals surface area contributed by atoms with Crippen LogP contribution in [0.4, 0.5) is 11.4 Å². The van der Waals surface area contributed by atoms with E-state index in [1.807, 2.05) is 24.3 Å². The highest BCUT2D eigenvalue weighted by atomic mass is 35.5. The molecule has 2 aromatic carbocycles. The molecule has 2 aliphatic rings. The van der Waals surface area contributed by atoms with Crippen molar-refractivity contribution in [2.24, 2.45) is 0 Å². The lowest BCUT2D eigenvalue weighted by Gasteiger charge is -2.35. The second-order valence-electron chi connectivity index (χ2n) is 6.93. The van der Waals surface area contributed by atoms with E-state index in [1.165, 1.54) is 10.6 Å². The fraction of sp³-hybridized carbons (Fsp3) is 0.286. The summed E-state index contributed by atoms with van der Waals surface area (Å²) < 4.78 is 0. The first-order valence-corrected chi connectivity index (χ1v) is 9.49. The SMILES string of the molecule is O=C1C[C@H]([NH+]2CCN(c3ccccc3)CC2)C=C1Nc1ccc(Cl)cc1. The molecular weight excluding hydrogens is 346 g/mol. The highest BCUT2D eigenvalue weighted by Gasteiger charge is 2.33. The van der Waals surface area contributed by atoms with E-state index in [0.29, 0.717) is 11.4 Å². The van der Waals surface area contributed by atoms with E-state index in [9.17, 15) is 4.79 Å². The highest BCUT2D eigenvalue weighted by molar-refractivity contribution is 6.30. The van der Waals surface area contributed by atoms with Crippen molar-refractivity contribution in [3.05, 3.63) is 71.4 Å². The van der Waals surface area contributed by atoms with Crippen LogP contribution in [0.15, 0.2) is 66.4 Å². The van der Waals surface area contributed by atoms with Crippen molar-refractivity contribution < 1.29 is 9.69 Å². The number of allylic oxidation sites excluding steroid dienone is 1. The predicted octanol–water partition coefficient (Wildman–Crippen LogP) is 2.38. The lowest BCUT2D eigenvalue weighted by Crippen LogP contribution is -3.18. The summed E-state index contributed by atoms with van der Waals surface area (Å²) in [6.45, 7) is 4.16. The van der Waals surface area contributed by atoms with Gasteiger partial charge in [-0.25, -0.2) is 0 Å². The van der Waals surface area contributed by atoms with Crippen molar-refractivity contribution in [1.29, 1.82) is 0 Å². The largest absolute Gasteiger partial charge is 0.360 e. The first-order chi connectivity index (χ1) is 12.7. The minimum atomic E-state index is 0.197. The number of halogens is 1. The van der Waals surface area contributed by atoms with E-state index in [0.717, 1.165) is 37.6 Å². The molecule has 26 heavy (non-hydrogen) atoms. The summed E-state index contributed by atoms with van der Waals surface area (Å²) in [6.07, 6.45) is 2.71. The Labute approximate surface area is 159 Å². The molecular formula is C21H23ClN3O+. The maximum absolute atomic E-state index is 12.4. The number of anilines is 2. The number of hydrogen-bond donors (Lipinski definition) is 2. The fourth-order valence-corrected chi connectivity index (χ4v) is 3.91. The van der Waals surface area contributed by atoms with Gasteiger partial charge in [0.25, 0.3) is 0 Å². The minimum Gasteiger partial charge on any atom is -0.360 e. The third-order valence-corrected chi connectivity index (χ3v) is 5.50.